The van der Waals surface area contributed by atoms with E-state index in [1.54, 1.807) is 32.0 Å². The third kappa shape index (κ3) is 3.22. The van der Waals surface area contributed by atoms with Crippen LogP contribution in [0.1, 0.15) is 19.4 Å². The Hall–Kier alpha value is -1.06. The molecule has 0 saturated carbocycles. The van der Waals surface area contributed by atoms with Gasteiger partial charge in [0.25, 0.3) is 0 Å². The van der Waals surface area contributed by atoms with Crippen molar-refractivity contribution in [2.75, 3.05) is 5.32 Å². The van der Waals surface area contributed by atoms with Crippen LogP contribution in [-0.2, 0) is 4.79 Å². The van der Waals surface area contributed by atoms with Crippen molar-refractivity contribution in [3.63, 3.8) is 0 Å². The molecule has 3 nitrogen and oxygen atoms in total. The van der Waals surface area contributed by atoms with E-state index in [1.165, 1.54) is 0 Å². The van der Waals surface area contributed by atoms with Crippen LogP contribution in [0.3, 0.4) is 0 Å². The quantitative estimate of drug-likeness (QED) is 0.813. The molecule has 0 unspecified atom stereocenters. The first kappa shape index (κ1) is 12.0. The monoisotopic (exact) mass is 226 g/mol. The summed E-state index contributed by atoms with van der Waals surface area (Å²) < 4.78 is 0. The summed E-state index contributed by atoms with van der Waals surface area (Å²) in [7, 11) is 0. The van der Waals surface area contributed by atoms with Gasteiger partial charge in [-0.05, 0) is 44.5 Å². The summed E-state index contributed by atoms with van der Waals surface area (Å²) in [5, 5.41) is 3.41. The fraction of sp³-hybridized carbons (Fsp3) is 0.364. The lowest BCUT2D eigenvalue weighted by Gasteiger charge is -2.18. The summed E-state index contributed by atoms with van der Waals surface area (Å²) in [6, 6.07) is 5.29. The zero-order valence-corrected chi connectivity index (χ0v) is 9.85. The first-order chi connectivity index (χ1) is 6.80. The molecule has 0 aliphatic heterocycles. The molecule has 0 radical (unpaired) electrons. The molecule has 4 heteroatoms. The highest BCUT2D eigenvalue weighted by Crippen LogP contribution is 2.20. The molecule has 0 fully saturated rings. The van der Waals surface area contributed by atoms with Crippen LogP contribution in [0, 0.1) is 6.92 Å². The van der Waals surface area contributed by atoms with Gasteiger partial charge in [0.15, 0.2) is 0 Å². The molecule has 0 bridgehead atoms. The van der Waals surface area contributed by atoms with Crippen LogP contribution in [0.15, 0.2) is 18.2 Å². The fourth-order valence-corrected chi connectivity index (χ4v) is 1.28. The van der Waals surface area contributed by atoms with Crippen molar-refractivity contribution in [1.82, 2.24) is 0 Å². The zero-order chi connectivity index (χ0) is 11.6. The predicted molar refractivity (Wildman–Crippen MR) is 63.1 cm³/mol. The van der Waals surface area contributed by atoms with Gasteiger partial charge >= 0.3 is 0 Å². The molecule has 0 aliphatic carbocycles. The Morgan fingerprint density at radius 2 is 2.07 bits per heavy atom. The molecule has 3 N–H and O–H groups in total. The fourth-order valence-electron chi connectivity index (χ4n) is 1.05. The topological polar surface area (TPSA) is 55.1 Å². The molecule has 0 heterocycles. The average Bonchev–Trinajstić information content (AvgIpc) is 2.08. The van der Waals surface area contributed by atoms with Gasteiger partial charge in [0.05, 0.1) is 5.54 Å². The highest BCUT2D eigenvalue weighted by Gasteiger charge is 2.22. The number of nitrogens with one attached hydrogen (secondary N) is 1. The van der Waals surface area contributed by atoms with E-state index in [0.29, 0.717) is 5.02 Å². The van der Waals surface area contributed by atoms with Crippen molar-refractivity contribution in [2.24, 2.45) is 5.73 Å². The van der Waals surface area contributed by atoms with E-state index in [0.717, 1.165) is 11.3 Å². The molecule has 0 atom stereocenters. The van der Waals surface area contributed by atoms with Crippen LogP contribution in [0.4, 0.5) is 5.69 Å². The summed E-state index contributed by atoms with van der Waals surface area (Å²) in [6.07, 6.45) is 0. The maximum atomic E-state index is 11.6. The summed E-state index contributed by atoms with van der Waals surface area (Å²) >= 11 is 5.81. The van der Waals surface area contributed by atoms with E-state index >= 15 is 0 Å². The minimum Gasteiger partial charge on any atom is -0.324 e. The third-order valence-corrected chi connectivity index (χ3v) is 2.26. The largest absolute Gasteiger partial charge is 0.324 e. The van der Waals surface area contributed by atoms with E-state index in [4.69, 9.17) is 17.3 Å². The second-order valence-corrected chi connectivity index (χ2v) is 4.57. The Bertz CT molecular complexity index is 383. The highest BCUT2D eigenvalue weighted by atomic mass is 35.5. The van der Waals surface area contributed by atoms with Crippen LogP contribution < -0.4 is 11.1 Å². The van der Waals surface area contributed by atoms with Gasteiger partial charge in [-0.3, -0.25) is 4.79 Å². The highest BCUT2D eigenvalue weighted by molar-refractivity contribution is 6.30. The zero-order valence-electron chi connectivity index (χ0n) is 9.10. The molecular formula is C11H15ClN2O. The molecule has 1 aromatic rings. The number of aryl methyl sites for hydroxylation is 1. The number of carbonyl (C=O) groups excluding carboxylic acids is 1. The van der Waals surface area contributed by atoms with Gasteiger partial charge in [0.2, 0.25) is 5.91 Å². The van der Waals surface area contributed by atoms with Crippen molar-refractivity contribution in [3.05, 3.63) is 28.8 Å². The lowest BCUT2D eigenvalue weighted by atomic mass is 10.1. The van der Waals surface area contributed by atoms with Gasteiger partial charge in [0.1, 0.15) is 0 Å². The predicted octanol–water partition coefficient (Wildman–Crippen LogP) is 2.32. The Labute approximate surface area is 94.6 Å². The van der Waals surface area contributed by atoms with Crippen LogP contribution in [0.25, 0.3) is 0 Å². The molecule has 1 aromatic carbocycles. The molecule has 0 saturated heterocycles. The summed E-state index contributed by atoms with van der Waals surface area (Å²) in [6.45, 7) is 5.20. The summed E-state index contributed by atoms with van der Waals surface area (Å²) in [5.41, 5.74) is 6.44. The molecule has 1 rings (SSSR count). The first-order valence-electron chi connectivity index (χ1n) is 4.67. The number of hydrogen-bond donors (Lipinski definition) is 2. The van der Waals surface area contributed by atoms with E-state index < -0.39 is 5.54 Å². The van der Waals surface area contributed by atoms with Crippen molar-refractivity contribution in [1.29, 1.82) is 0 Å². The lowest BCUT2D eigenvalue weighted by molar-refractivity contribution is -0.120. The van der Waals surface area contributed by atoms with E-state index in [1.807, 2.05) is 6.92 Å². The van der Waals surface area contributed by atoms with E-state index in [9.17, 15) is 4.79 Å². The van der Waals surface area contributed by atoms with E-state index in [2.05, 4.69) is 5.32 Å². The molecule has 1 amide bonds. The number of nitrogens with two attached hydrogens (primary N) is 1. The number of halogens is 1. The van der Waals surface area contributed by atoms with Crippen LogP contribution in [-0.4, -0.2) is 11.4 Å². The van der Waals surface area contributed by atoms with Gasteiger partial charge in [-0.2, -0.15) is 0 Å². The number of carbonyl (C=O) groups is 1. The van der Waals surface area contributed by atoms with E-state index in [-0.39, 0.29) is 5.91 Å². The minimum absolute atomic E-state index is 0.215. The minimum atomic E-state index is -0.883. The second kappa shape index (κ2) is 4.21. The number of benzene rings is 1. The number of anilines is 1. The average molecular weight is 227 g/mol. The smallest absolute Gasteiger partial charge is 0.243 e. The Morgan fingerprint density at radius 3 is 2.53 bits per heavy atom. The lowest BCUT2D eigenvalue weighted by Crippen LogP contribution is -2.45. The van der Waals surface area contributed by atoms with Crippen molar-refractivity contribution >= 4 is 23.2 Å². The van der Waals surface area contributed by atoms with Crippen LogP contribution >= 0.6 is 11.6 Å². The maximum absolute atomic E-state index is 11.6. The van der Waals surface area contributed by atoms with Gasteiger partial charge < -0.3 is 11.1 Å². The van der Waals surface area contributed by atoms with Gasteiger partial charge in [0, 0.05) is 10.7 Å². The molecule has 15 heavy (non-hydrogen) atoms. The number of hydrogen-bond acceptors (Lipinski definition) is 2. The Kier molecular flexibility index (Phi) is 3.37. The molecule has 0 spiro atoms. The van der Waals surface area contributed by atoms with Crippen molar-refractivity contribution in [2.45, 2.75) is 26.3 Å². The SMILES string of the molecule is Cc1cc(Cl)ccc1NC(=O)C(C)(C)N. The molecule has 82 valence electrons. The van der Waals surface area contributed by atoms with Gasteiger partial charge in [-0.25, -0.2) is 0 Å². The van der Waals surface area contributed by atoms with Crippen molar-refractivity contribution < 1.29 is 4.79 Å². The van der Waals surface area contributed by atoms with Gasteiger partial charge in [-0.1, -0.05) is 11.6 Å². The van der Waals surface area contributed by atoms with Crippen molar-refractivity contribution in [3.8, 4) is 0 Å². The summed E-state index contributed by atoms with van der Waals surface area (Å²) in [5.74, 6) is -0.215. The Morgan fingerprint density at radius 1 is 1.47 bits per heavy atom. The standard InChI is InChI=1S/C11H15ClN2O/c1-7-6-8(12)4-5-9(7)14-10(15)11(2,3)13/h4-6H,13H2,1-3H3,(H,14,15). The number of amides is 1. The molecule has 0 aliphatic rings. The van der Waals surface area contributed by atoms with Crippen LogP contribution in [0.2, 0.25) is 5.02 Å². The third-order valence-electron chi connectivity index (χ3n) is 2.02. The molecular weight excluding hydrogens is 212 g/mol. The second-order valence-electron chi connectivity index (χ2n) is 4.14. The van der Waals surface area contributed by atoms with Crippen LogP contribution in [0.5, 0.6) is 0 Å². The summed E-state index contributed by atoms with van der Waals surface area (Å²) in [4.78, 5) is 11.6. The van der Waals surface area contributed by atoms with Gasteiger partial charge in [-0.15, -0.1) is 0 Å². The molecule has 0 aromatic heterocycles. The Balaban J connectivity index is 2.87. The first-order valence-corrected chi connectivity index (χ1v) is 5.05. The normalized spacial score (nSPS) is 11.3. The maximum Gasteiger partial charge on any atom is 0.243 e. The number of rotatable bonds is 2.